The summed E-state index contributed by atoms with van der Waals surface area (Å²) in [6, 6.07) is 9.99. The molecule has 0 fully saturated rings. The van der Waals surface area contributed by atoms with Crippen molar-refractivity contribution in [3.8, 4) is 11.4 Å². The molecule has 0 spiro atoms. The van der Waals surface area contributed by atoms with Crippen LogP contribution >= 0.6 is 23.4 Å². The molecule has 3 aromatic rings. The summed E-state index contributed by atoms with van der Waals surface area (Å²) < 4.78 is 28.7. The zero-order valence-corrected chi connectivity index (χ0v) is 16.0. The fraction of sp³-hybridized carbons (Fsp3) is 0.167. The number of amides is 1. The number of benzene rings is 2. The minimum Gasteiger partial charge on any atom is -0.324 e. The maximum atomic E-state index is 14.0. The summed E-state index contributed by atoms with van der Waals surface area (Å²) in [7, 11) is 1.70. The van der Waals surface area contributed by atoms with Crippen LogP contribution in [0.3, 0.4) is 0 Å². The number of thioether (sulfide) groups is 1. The minimum absolute atomic E-state index is 0.112. The monoisotopic (exact) mass is 408 g/mol. The molecule has 0 aliphatic carbocycles. The first-order valence-corrected chi connectivity index (χ1v) is 9.19. The van der Waals surface area contributed by atoms with Crippen LogP contribution in [0, 0.1) is 11.6 Å². The molecule has 0 aliphatic rings. The first-order valence-electron chi connectivity index (χ1n) is 7.93. The second-order valence-electron chi connectivity index (χ2n) is 5.72. The van der Waals surface area contributed by atoms with Crippen molar-refractivity contribution in [1.82, 2.24) is 14.8 Å². The van der Waals surface area contributed by atoms with Gasteiger partial charge in [-0.1, -0.05) is 35.5 Å². The van der Waals surface area contributed by atoms with Gasteiger partial charge < -0.3 is 9.88 Å². The number of rotatable bonds is 5. The molecular weight excluding hydrogens is 394 g/mol. The van der Waals surface area contributed by atoms with E-state index in [2.05, 4.69) is 15.5 Å². The van der Waals surface area contributed by atoms with Gasteiger partial charge in [-0.15, -0.1) is 10.2 Å². The Kier molecular flexibility index (Phi) is 5.76. The number of carbonyl (C=O) groups is 1. The Balaban J connectivity index is 1.73. The third kappa shape index (κ3) is 4.28. The lowest BCUT2D eigenvalue weighted by Crippen LogP contribution is -2.23. The largest absolute Gasteiger partial charge is 0.324 e. The highest BCUT2D eigenvalue weighted by molar-refractivity contribution is 8.00. The summed E-state index contributed by atoms with van der Waals surface area (Å²) in [5.41, 5.74) is 0.648. The lowest BCUT2D eigenvalue weighted by atomic mass is 10.2. The Labute approximate surface area is 163 Å². The van der Waals surface area contributed by atoms with Gasteiger partial charge >= 0.3 is 0 Å². The van der Waals surface area contributed by atoms with Gasteiger partial charge in [0.1, 0.15) is 11.6 Å². The maximum absolute atomic E-state index is 14.0. The molecule has 0 bridgehead atoms. The fourth-order valence-electron chi connectivity index (χ4n) is 2.33. The number of hydrogen-bond acceptors (Lipinski definition) is 4. The number of aromatic nitrogens is 3. The summed E-state index contributed by atoms with van der Waals surface area (Å²) in [4.78, 5) is 12.4. The zero-order valence-electron chi connectivity index (χ0n) is 14.4. The van der Waals surface area contributed by atoms with Crippen LogP contribution in [0.15, 0.2) is 47.6 Å². The number of carbonyl (C=O) groups excluding carboxylic acids is 1. The first-order chi connectivity index (χ1) is 12.9. The maximum Gasteiger partial charge on any atom is 0.237 e. The van der Waals surface area contributed by atoms with E-state index < -0.39 is 16.9 Å². The fourth-order valence-corrected chi connectivity index (χ4v) is 3.36. The van der Waals surface area contributed by atoms with Crippen LogP contribution in [0.4, 0.5) is 14.5 Å². The van der Waals surface area contributed by atoms with Crippen LogP contribution in [0.1, 0.15) is 6.92 Å². The van der Waals surface area contributed by atoms with Gasteiger partial charge in [-0.3, -0.25) is 4.79 Å². The third-order valence-corrected chi connectivity index (χ3v) is 5.24. The molecule has 27 heavy (non-hydrogen) atoms. The lowest BCUT2D eigenvalue weighted by molar-refractivity contribution is -0.115. The second-order valence-corrected chi connectivity index (χ2v) is 7.43. The van der Waals surface area contributed by atoms with E-state index in [0.29, 0.717) is 22.2 Å². The van der Waals surface area contributed by atoms with Gasteiger partial charge in [0.25, 0.3) is 0 Å². The lowest BCUT2D eigenvalue weighted by Gasteiger charge is -2.12. The van der Waals surface area contributed by atoms with Gasteiger partial charge in [0, 0.05) is 7.05 Å². The van der Waals surface area contributed by atoms with Crippen LogP contribution in [-0.2, 0) is 11.8 Å². The van der Waals surface area contributed by atoms with Crippen molar-refractivity contribution in [1.29, 1.82) is 0 Å². The van der Waals surface area contributed by atoms with Gasteiger partial charge in [-0.25, -0.2) is 8.78 Å². The van der Waals surface area contributed by atoms with Crippen molar-refractivity contribution < 1.29 is 13.6 Å². The molecule has 0 radical (unpaired) electrons. The molecule has 9 heteroatoms. The highest BCUT2D eigenvalue weighted by Gasteiger charge is 2.21. The smallest absolute Gasteiger partial charge is 0.237 e. The molecule has 3 rings (SSSR count). The number of halogens is 3. The van der Waals surface area contributed by atoms with Gasteiger partial charge in [0.05, 0.1) is 21.5 Å². The Morgan fingerprint density at radius 3 is 2.67 bits per heavy atom. The van der Waals surface area contributed by atoms with Crippen molar-refractivity contribution >= 4 is 35.0 Å². The molecule has 1 unspecified atom stereocenters. The Morgan fingerprint density at radius 1 is 1.22 bits per heavy atom. The summed E-state index contributed by atoms with van der Waals surface area (Å²) in [5, 5.41) is 10.8. The van der Waals surface area contributed by atoms with Crippen LogP contribution in [0.5, 0.6) is 0 Å². The minimum atomic E-state index is -0.539. The van der Waals surface area contributed by atoms with Gasteiger partial charge in [0.2, 0.25) is 5.91 Å². The van der Waals surface area contributed by atoms with Crippen LogP contribution in [-0.4, -0.2) is 25.9 Å². The molecule has 0 saturated carbocycles. The SMILES string of the molecule is CC(Sc1nnc(-c2ccccc2F)n1C)C(=O)Nc1ccc(F)cc1Cl. The average molecular weight is 409 g/mol. The molecule has 1 aromatic heterocycles. The van der Waals surface area contributed by atoms with Crippen molar-refractivity contribution in [2.75, 3.05) is 5.32 Å². The molecule has 2 aromatic carbocycles. The molecule has 1 atom stereocenters. The van der Waals surface area contributed by atoms with Gasteiger partial charge in [-0.05, 0) is 37.3 Å². The number of nitrogens with zero attached hydrogens (tertiary/aromatic N) is 3. The van der Waals surface area contributed by atoms with Crippen molar-refractivity contribution in [3.63, 3.8) is 0 Å². The van der Waals surface area contributed by atoms with E-state index in [4.69, 9.17) is 11.6 Å². The van der Waals surface area contributed by atoms with E-state index in [1.54, 1.807) is 36.7 Å². The van der Waals surface area contributed by atoms with E-state index in [1.165, 1.54) is 30.0 Å². The van der Waals surface area contributed by atoms with Crippen molar-refractivity contribution in [2.45, 2.75) is 17.3 Å². The molecule has 1 N–H and O–H groups in total. The molecule has 1 heterocycles. The summed E-state index contributed by atoms with van der Waals surface area (Å²) >= 11 is 7.09. The van der Waals surface area contributed by atoms with E-state index in [9.17, 15) is 13.6 Å². The molecule has 1 amide bonds. The molecule has 5 nitrogen and oxygen atoms in total. The highest BCUT2D eigenvalue weighted by atomic mass is 35.5. The summed E-state index contributed by atoms with van der Waals surface area (Å²) in [5.74, 6) is -0.852. The quantitative estimate of drug-likeness (QED) is 0.630. The second kappa shape index (κ2) is 8.06. The Bertz CT molecular complexity index is 995. The highest BCUT2D eigenvalue weighted by Crippen LogP contribution is 2.28. The topological polar surface area (TPSA) is 59.8 Å². The Morgan fingerprint density at radius 2 is 1.96 bits per heavy atom. The van der Waals surface area contributed by atoms with E-state index in [1.807, 2.05) is 0 Å². The summed E-state index contributed by atoms with van der Waals surface area (Å²) in [6.45, 7) is 1.69. The normalized spacial score (nSPS) is 12.0. The van der Waals surface area contributed by atoms with Crippen LogP contribution < -0.4 is 5.32 Å². The van der Waals surface area contributed by atoms with Gasteiger partial charge in [0.15, 0.2) is 11.0 Å². The molecule has 0 saturated heterocycles. The first kappa shape index (κ1) is 19.3. The van der Waals surface area contributed by atoms with E-state index in [-0.39, 0.29) is 10.9 Å². The number of anilines is 1. The number of hydrogen-bond donors (Lipinski definition) is 1. The predicted molar refractivity (Wildman–Crippen MR) is 102 cm³/mol. The standard InChI is InChI=1S/C18H15ClF2N4OS/c1-10(17(26)22-15-8-7-11(20)9-13(15)19)27-18-24-23-16(25(18)2)12-5-3-4-6-14(12)21/h3-10H,1-2H3,(H,22,26). The summed E-state index contributed by atoms with van der Waals surface area (Å²) in [6.07, 6.45) is 0. The van der Waals surface area contributed by atoms with Crippen LogP contribution in [0.25, 0.3) is 11.4 Å². The molecular formula is C18H15ClF2N4OS. The van der Waals surface area contributed by atoms with E-state index in [0.717, 1.165) is 6.07 Å². The molecule has 140 valence electrons. The Hall–Kier alpha value is -2.45. The van der Waals surface area contributed by atoms with Gasteiger partial charge in [-0.2, -0.15) is 0 Å². The van der Waals surface area contributed by atoms with Crippen molar-refractivity contribution in [2.24, 2.45) is 7.05 Å². The number of nitrogens with one attached hydrogen (secondary N) is 1. The van der Waals surface area contributed by atoms with Crippen LogP contribution in [0.2, 0.25) is 5.02 Å². The predicted octanol–water partition coefficient (Wildman–Crippen LogP) is 4.53. The van der Waals surface area contributed by atoms with E-state index >= 15 is 0 Å². The third-order valence-electron chi connectivity index (χ3n) is 3.79. The molecule has 0 aliphatic heterocycles. The van der Waals surface area contributed by atoms with Crippen molar-refractivity contribution in [3.05, 3.63) is 59.1 Å². The average Bonchev–Trinajstić information content (AvgIpc) is 2.98. The zero-order chi connectivity index (χ0) is 19.6.